The Kier molecular flexibility index (Phi) is 3.51. The maximum atomic E-state index is 12.6. The quantitative estimate of drug-likeness (QED) is 0.784. The van der Waals surface area contributed by atoms with Crippen LogP contribution in [-0.2, 0) is 4.79 Å². The van der Waals surface area contributed by atoms with Gasteiger partial charge in [-0.3, -0.25) is 4.79 Å². The van der Waals surface area contributed by atoms with Gasteiger partial charge in [-0.05, 0) is 24.6 Å². The van der Waals surface area contributed by atoms with Crippen molar-refractivity contribution in [3.63, 3.8) is 0 Å². The van der Waals surface area contributed by atoms with Crippen LogP contribution in [0.4, 0.5) is 23.2 Å². The predicted octanol–water partition coefficient (Wildman–Crippen LogP) is 2.83. The lowest BCUT2D eigenvalue weighted by atomic mass is 10.2. The van der Waals surface area contributed by atoms with Crippen molar-refractivity contribution < 1.29 is 22.4 Å². The smallest absolute Gasteiger partial charge is 0.323 e. The third-order valence-corrected chi connectivity index (χ3v) is 1.80. The summed E-state index contributed by atoms with van der Waals surface area (Å²) in [7, 11) is 0. The fraction of sp³-hybridized carbons (Fsp3) is 0.300. The molecule has 1 aromatic rings. The van der Waals surface area contributed by atoms with Crippen molar-refractivity contribution in [2.24, 2.45) is 0 Å². The van der Waals surface area contributed by atoms with E-state index in [1.807, 2.05) is 5.32 Å². The number of amides is 1. The summed E-state index contributed by atoms with van der Waals surface area (Å²) in [5.74, 6) is -1.71. The van der Waals surface area contributed by atoms with Crippen molar-refractivity contribution in [2.75, 3.05) is 5.32 Å². The Morgan fingerprint density at radius 3 is 2.50 bits per heavy atom. The van der Waals surface area contributed by atoms with E-state index in [1.165, 1.54) is 12.1 Å². The monoisotopic (exact) mass is 235 g/mol. The van der Waals surface area contributed by atoms with Gasteiger partial charge in [-0.15, -0.1) is 0 Å². The molecule has 1 amide bonds. The molecule has 0 saturated heterocycles. The number of hydrogen-bond acceptors (Lipinski definition) is 1. The van der Waals surface area contributed by atoms with Gasteiger partial charge in [0.1, 0.15) is 0 Å². The summed E-state index contributed by atoms with van der Waals surface area (Å²) in [6.45, 7) is 1.70. The first kappa shape index (κ1) is 12.5. The van der Waals surface area contributed by atoms with E-state index in [4.69, 9.17) is 0 Å². The van der Waals surface area contributed by atoms with Crippen molar-refractivity contribution in [2.45, 2.75) is 19.3 Å². The van der Waals surface area contributed by atoms with Crippen LogP contribution in [0.2, 0.25) is 0 Å². The molecule has 1 aromatic carbocycles. The second-order valence-electron chi connectivity index (χ2n) is 3.26. The summed E-state index contributed by atoms with van der Waals surface area (Å²) in [5, 5.41) is 1.86. The summed E-state index contributed by atoms with van der Waals surface area (Å²) < 4.78 is 48.1. The van der Waals surface area contributed by atoms with Gasteiger partial charge in [0, 0.05) is 5.69 Å². The molecule has 0 fully saturated rings. The molecular formula is C10H9F4NO. The Bertz CT molecular complexity index is 389. The summed E-state index contributed by atoms with van der Waals surface area (Å²) in [6.07, 6.45) is -8.68. The molecule has 1 rings (SSSR count). The summed E-state index contributed by atoms with van der Waals surface area (Å²) in [6, 6.07) is 6.08. The van der Waals surface area contributed by atoms with Crippen LogP contribution in [0.15, 0.2) is 24.3 Å². The predicted molar refractivity (Wildman–Crippen MR) is 50.8 cm³/mol. The number of carbonyl (C=O) groups excluding carboxylic acids is 1. The molecule has 0 aliphatic rings. The van der Waals surface area contributed by atoms with Gasteiger partial charge in [0.15, 0.2) is 0 Å². The maximum absolute atomic E-state index is 12.6. The van der Waals surface area contributed by atoms with Crippen LogP contribution in [0.1, 0.15) is 5.56 Å². The largest absolute Gasteiger partial charge is 0.428 e. The zero-order chi connectivity index (χ0) is 12.3. The van der Waals surface area contributed by atoms with Crippen molar-refractivity contribution in [3.8, 4) is 0 Å². The van der Waals surface area contributed by atoms with E-state index in [2.05, 4.69) is 0 Å². The average Bonchev–Trinajstić information content (AvgIpc) is 2.15. The molecule has 88 valence electrons. The molecule has 1 unspecified atom stereocenters. The van der Waals surface area contributed by atoms with Crippen LogP contribution < -0.4 is 5.32 Å². The van der Waals surface area contributed by atoms with Gasteiger partial charge < -0.3 is 5.32 Å². The molecule has 1 N–H and O–H groups in total. The molecule has 0 saturated carbocycles. The zero-order valence-electron chi connectivity index (χ0n) is 8.31. The second-order valence-corrected chi connectivity index (χ2v) is 3.26. The molecular weight excluding hydrogens is 226 g/mol. The number of anilines is 1. The molecule has 0 spiro atoms. The van der Waals surface area contributed by atoms with E-state index in [-0.39, 0.29) is 5.69 Å². The summed E-state index contributed by atoms with van der Waals surface area (Å²) in [4.78, 5) is 10.9. The molecule has 0 aromatic heterocycles. The van der Waals surface area contributed by atoms with Crippen molar-refractivity contribution >= 4 is 11.6 Å². The summed E-state index contributed by atoms with van der Waals surface area (Å²) >= 11 is 0. The molecule has 0 aliphatic carbocycles. The molecule has 0 aliphatic heterocycles. The SMILES string of the molecule is Cc1cccc(NC(=O)C(F)C(F)(F)F)c1. The van der Waals surface area contributed by atoms with E-state index in [0.29, 0.717) is 0 Å². The highest BCUT2D eigenvalue weighted by atomic mass is 19.4. The van der Waals surface area contributed by atoms with Crippen LogP contribution in [-0.4, -0.2) is 18.3 Å². The molecule has 1 atom stereocenters. The Morgan fingerprint density at radius 2 is 2.00 bits per heavy atom. The van der Waals surface area contributed by atoms with E-state index in [9.17, 15) is 22.4 Å². The summed E-state index contributed by atoms with van der Waals surface area (Å²) in [5.41, 5.74) is 0.886. The van der Waals surface area contributed by atoms with E-state index >= 15 is 0 Å². The molecule has 0 bridgehead atoms. The maximum Gasteiger partial charge on any atom is 0.428 e. The minimum Gasteiger partial charge on any atom is -0.323 e. The van der Waals surface area contributed by atoms with Crippen LogP contribution in [0, 0.1) is 6.92 Å². The number of hydrogen-bond donors (Lipinski definition) is 1. The Labute approximate surface area is 89.3 Å². The lowest BCUT2D eigenvalue weighted by Crippen LogP contribution is -2.36. The Hall–Kier alpha value is -1.59. The Balaban J connectivity index is 2.72. The van der Waals surface area contributed by atoms with Crippen molar-refractivity contribution in [1.29, 1.82) is 0 Å². The van der Waals surface area contributed by atoms with Crippen LogP contribution >= 0.6 is 0 Å². The van der Waals surface area contributed by atoms with Crippen LogP contribution in [0.5, 0.6) is 0 Å². The second kappa shape index (κ2) is 4.51. The first-order valence-electron chi connectivity index (χ1n) is 4.39. The van der Waals surface area contributed by atoms with Gasteiger partial charge in [0.25, 0.3) is 12.1 Å². The van der Waals surface area contributed by atoms with Gasteiger partial charge in [0.2, 0.25) is 0 Å². The fourth-order valence-electron chi connectivity index (χ4n) is 1.08. The van der Waals surface area contributed by atoms with Crippen LogP contribution in [0.3, 0.4) is 0 Å². The normalized spacial score (nSPS) is 13.3. The standard InChI is InChI=1S/C10H9F4NO/c1-6-3-2-4-7(5-6)15-9(16)8(11)10(12,13)14/h2-5,8H,1H3,(H,15,16). The average molecular weight is 235 g/mol. The van der Waals surface area contributed by atoms with Gasteiger partial charge >= 0.3 is 6.18 Å². The van der Waals surface area contributed by atoms with Crippen LogP contribution in [0.25, 0.3) is 0 Å². The number of carbonyl (C=O) groups is 1. The number of halogens is 4. The Morgan fingerprint density at radius 1 is 1.38 bits per heavy atom. The number of aryl methyl sites for hydroxylation is 1. The molecule has 0 radical (unpaired) electrons. The van der Waals surface area contributed by atoms with E-state index in [0.717, 1.165) is 5.56 Å². The number of benzene rings is 1. The zero-order valence-corrected chi connectivity index (χ0v) is 8.31. The highest BCUT2D eigenvalue weighted by molar-refractivity contribution is 5.94. The lowest BCUT2D eigenvalue weighted by molar-refractivity contribution is -0.183. The number of nitrogens with one attached hydrogen (secondary N) is 1. The van der Waals surface area contributed by atoms with Gasteiger partial charge in [-0.1, -0.05) is 12.1 Å². The van der Waals surface area contributed by atoms with E-state index in [1.54, 1.807) is 19.1 Å². The van der Waals surface area contributed by atoms with Crippen molar-refractivity contribution in [3.05, 3.63) is 29.8 Å². The van der Waals surface area contributed by atoms with Gasteiger partial charge in [0.05, 0.1) is 0 Å². The minimum atomic E-state index is -5.17. The highest BCUT2D eigenvalue weighted by Gasteiger charge is 2.45. The highest BCUT2D eigenvalue weighted by Crippen LogP contribution is 2.24. The van der Waals surface area contributed by atoms with E-state index < -0.39 is 18.3 Å². The topological polar surface area (TPSA) is 29.1 Å². The molecule has 2 nitrogen and oxygen atoms in total. The number of alkyl halides is 4. The third-order valence-electron chi connectivity index (χ3n) is 1.80. The van der Waals surface area contributed by atoms with Crippen molar-refractivity contribution in [1.82, 2.24) is 0 Å². The first-order chi connectivity index (χ1) is 7.30. The number of rotatable bonds is 2. The minimum absolute atomic E-state index is 0.136. The first-order valence-corrected chi connectivity index (χ1v) is 4.39. The van der Waals surface area contributed by atoms with Gasteiger partial charge in [-0.2, -0.15) is 13.2 Å². The fourth-order valence-corrected chi connectivity index (χ4v) is 1.08. The van der Waals surface area contributed by atoms with Gasteiger partial charge in [-0.25, -0.2) is 4.39 Å². The molecule has 0 heterocycles. The molecule has 16 heavy (non-hydrogen) atoms. The molecule has 6 heteroatoms. The lowest BCUT2D eigenvalue weighted by Gasteiger charge is -2.12. The third kappa shape index (κ3) is 3.22.